The molecule has 0 radical (unpaired) electrons. The van der Waals surface area contributed by atoms with Gasteiger partial charge < -0.3 is 20.7 Å². The summed E-state index contributed by atoms with van der Waals surface area (Å²) in [5, 5.41) is 14.3. The van der Waals surface area contributed by atoms with Gasteiger partial charge in [0.15, 0.2) is 5.82 Å². The van der Waals surface area contributed by atoms with Crippen LogP contribution in [0.4, 0.5) is 16.4 Å². The van der Waals surface area contributed by atoms with Crippen LogP contribution in [0.2, 0.25) is 0 Å². The molecule has 34 heavy (non-hydrogen) atoms. The van der Waals surface area contributed by atoms with Gasteiger partial charge in [0.05, 0.1) is 24.0 Å². The number of nitrogens with one attached hydrogen (secondary N) is 3. The third kappa shape index (κ3) is 5.04. The van der Waals surface area contributed by atoms with Crippen molar-refractivity contribution in [2.45, 2.75) is 64.8 Å². The third-order valence-electron chi connectivity index (χ3n) is 6.04. The van der Waals surface area contributed by atoms with Crippen molar-refractivity contribution in [3.63, 3.8) is 0 Å². The van der Waals surface area contributed by atoms with Crippen molar-refractivity contribution in [1.29, 1.82) is 0 Å². The highest BCUT2D eigenvalue weighted by Gasteiger charge is 2.25. The number of aryl methyl sites for hydroxylation is 1. The van der Waals surface area contributed by atoms with Gasteiger partial charge in [-0.05, 0) is 57.2 Å². The van der Waals surface area contributed by atoms with Gasteiger partial charge in [0, 0.05) is 30.8 Å². The van der Waals surface area contributed by atoms with Gasteiger partial charge >= 0.3 is 6.09 Å². The second kappa shape index (κ2) is 9.06. The fourth-order valence-corrected chi connectivity index (χ4v) is 4.54. The normalized spacial score (nSPS) is 17.4. The Balaban J connectivity index is 1.33. The van der Waals surface area contributed by atoms with Crippen LogP contribution in [0.5, 0.6) is 0 Å². The monoisotopic (exact) mass is 461 g/mol. The lowest BCUT2D eigenvalue weighted by atomic mass is 9.86. The Hall–Kier alpha value is -3.46. The largest absolute Gasteiger partial charge is 0.444 e. The van der Waals surface area contributed by atoms with Gasteiger partial charge in [-0.1, -0.05) is 12.1 Å². The Morgan fingerprint density at radius 1 is 1.18 bits per heavy atom. The van der Waals surface area contributed by atoms with Gasteiger partial charge in [0.2, 0.25) is 0 Å². The second-order valence-corrected chi connectivity index (χ2v) is 9.84. The van der Waals surface area contributed by atoms with Crippen LogP contribution in [-0.2, 0) is 24.2 Å². The minimum Gasteiger partial charge on any atom is -0.444 e. The summed E-state index contributed by atoms with van der Waals surface area (Å²) in [6, 6.07) is 10.3. The average molecular weight is 462 g/mol. The SMILES string of the molecule is CC(C)(C)OC(=O)NC1CCCc2cc(-c3cc(Nc4cc5n(n4)CCNC5)ncn3)ccc21. The molecule has 0 saturated carbocycles. The molecule has 0 bridgehead atoms. The van der Waals surface area contributed by atoms with E-state index in [0.29, 0.717) is 5.82 Å². The Kier molecular flexibility index (Phi) is 5.95. The number of aromatic nitrogens is 4. The first-order chi connectivity index (χ1) is 16.3. The van der Waals surface area contributed by atoms with Crippen LogP contribution >= 0.6 is 0 Å². The minimum absolute atomic E-state index is 0.0447. The van der Waals surface area contributed by atoms with E-state index in [1.807, 2.05) is 37.6 Å². The molecule has 1 atom stereocenters. The van der Waals surface area contributed by atoms with E-state index in [1.54, 1.807) is 6.33 Å². The average Bonchev–Trinajstić information content (AvgIpc) is 3.20. The maximum Gasteiger partial charge on any atom is 0.408 e. The summed E-state index contributed by atoms with van der Waals surface area (Å²) in [7, 11) is 0. The van der Waals surface area contributed by atoms with E-state index in [4.69, 9.17) is 4.74 Å². The van der Waals surface area contributed by atoms with E-state index in [1.165, 1.54) is 5.56 Å². The third-order valence-corrected chi connectivity index (χ3v) is 6.04. The molecule has 178 valence electrons. The van der Waals surface area contributed by atoms with Crippen molar-refractivity contribution in [3.8, 4) is 11.3 Å². The van der Waals surface area contributed by atoms with Crippen LogP contribution in [-0.4, -0.2) is 38.0 Å². The number of alkyl carbamates (subject to hydrolysis) is 1. The van der Waals surface area contributed by atoms with Crippen molar-refractivity contribution < 1.29 is 9.53 Å². The molecule has 1 aromatic carbocycles. The second-order valence-electron chi connectivity index (χ2n) is 9.84. The zero-order valence-corrected chi connectivity index (χ0v) is 19.9. The van der Waals surface area contributed by atoms with Crippen LogP contribution in [0, 0.1) is 0 Å². The van der Waals surface area contributed by atoms with Crippen LogP contribution in [0.25, 0.3) is 11.3 Å². The van der Waals surface area contributed by atoms with Crippen molar-refractivity contribution >= 4 is 17.7 Å². The number of nitrogens with zero attached hydrogens (tertiary/aromatic N) is 4. The number of rotatable bonds is 4. The molecule has 1 amide bonds. The van der Waals surface area contributed by atoms with Gasteiger partial charge in [0.25, 0.3) is 0 Å². The minimum atomic E-state index is -0.517. The van der Waals surface area contributed by atoms with Crippen molar-refractivity contribution in [1.82, 2.24) is 30.4 Å². The number of carbonyl (C=O) groups excluding carboxylic acids is 1. The Morgan fingerprint density at radius 2 is 2.06 bits per heavy atom. The Labute approximate surface area is 199 Å². The van der Waals surface area contributed by atoms with E-state index >= 15 is 0 Å². The number of fused-ring (bicyclic) bond motifs is 2. The molecule has 9 nitrogen and oxygen atoms in total. The topological polar surface area (TPSA) is 106 Å². The van der Waals surface area contributed by atoms with Gasteiger partial charge in [-0.2, -0.15) is 5.10 Å². The zero-order chi connectivity index (χ0) is 23.7. The van der Waals surface area contributed by atoms with Gasteiger partial charge in [-0.3, -0.25) is 4.68 Å². The van der Waals surface area contributed by atoms with Crippen LogP contribution in [0.15, 0.2) is 36.7 Å². The Morgan fingerprint density at radius 3 is 2.88 bits per heavy atom. The number of carbonyl (C=O) groups is 1. The van der Waals surface area contributed by atoms with E-state index in [9.17, 15) is 4.79 Å². The van der Waals surface area contributed by atoms with Crippen molar-refractivity contribution in [2.24, 2.45) is 0 Å². The zero-order valence-electron chi connectivity index (χ0n) is 19.9. The first-order valence-corrected chi connectivity index (χ1v) is 11.8. The molecule has 5 rings (SSSR count). The van der Waals surface area contributed by atoms with Gasteiger partial charge in [-0.25, -0.2) is 14.8 Å². The van der Waals surface area contributed by atoms with Crippen molar-refractivity contribution in [3.05, 3.63) is 53.5 Å². The molecule has 1 aliphatic carbocycles. The molecule has 1 unspecified atom stereocenters. The highest BCUT2D eigenvalue weighted by Crippen LogP contribution is 2.33. The molecule has 0 spiro atoms. The number of anilines is 2. The molecule has 2 aromatic heterocycles. The fourth-order valence-electron chi connectivity index (χ4n) is 4.54. The van der Waals surface area contributed by atoms with Crippen LogP contribution < -0.4 is 16.0 Å². The van der Waals surface area contributed by atoms with Crippen LogP contribution in [0.3, 0.4) is 0 Å². The summed E-state index contributed by atoms with van der Waals surface area (Å²) in [6.45, 7) is 8.23. The molecule has 0 saturated heterocycles. The highest BCUT2D eigenvalue weighted by atomic mass is 16.6. The number of hydrogen-bond donors (Lipinski definition) is 3. The van der Waals surface area contributed by atoms with E-state index in [0.717, 1.165) is 67.2 Å². The smallest absolute Gasteiger partial charge is 0.408 e. The van der Waals surface area contributed by atoms with E-state index in [2.05, 4.69) is 49.2 Å². The molecule has 0 fully saturated rings. The lowest BCUT2D eigenvalue weighted by Crippen LogP contribution is -2.36. The van der Waals surface area contributed by atoms with Gasteiger partial charge in [-0.15, -0.1) is 0 Å². The molecule has 1 aliphatic heterocycles. The predicted octanol–water partition coefficient (Wildman–Crippen LogP) is 4.09. The summed E-state index contributed by atoms with van der Waals surface area (Å²) in [5.41, 5.74) is 4.88. The lowest BCUT2D eigenvalue weighted by molar-refractivity contribution is 0.0498. The standard InChI is InChI=1S/C25H31N7O2/c1-25(2,3)34-24(33)29-20-6-4-5-16-11-17(7-8-19(16)20)21-13-22(28-15-27-21)30-23-12-18-14-26-9-10-32(18)31-23/h7-8,11-13,15,20,26H,4-6,9-10,14H2,1-3H3,(H,29,33)(H,27,28,30,31). The first-order valence-electron chi connectivity index (χ1n) is 11.8. The molecule has 2 aliphatic rings. The van der Waals surface area contributed by atoms with Crippen LogP contribution in [0.1, 0.15) is 56.5 Å². The number of benzene rings is 1. The molecule has 3 heterocycles. The molecule has 3 N–H and O–H groups in total. The van der Waals surface area contributed by atoms with E-state index < -0.39 is 5.60 Å². The summed E-state index contributed by atoms with van der Waals surface area (Å²) in [5.74, 6) is 1.49. The summed E-state index contributed by atoms with van der Waals surface area (Å²) < 4.78 is 7.47. The molecule has 9 heteroatoms. The highest BCUT2D eigenvalue weighted by molar-refractivity contribution is 5.69. The fraction of sp³-hybridized carbons (Fsp3) is 0.440. The molecular weight excluding hydrogens is 430 g/mol. The number of hydrogen-bond acceptors (Lipinski definition) is 7. The van der Waals surface area contributed by atoms with Gasteiger partial charge in [0.1, 0.15) is 17.7 Å². The maximum absolute atomic E-state index is 12.3. The molecule has 3 aromatic rings. The predicted molar refractivity (Wildman–Crippen MR) is 130 cm³/mol. The quantitative estimate of drug-likeness (QED) is 0.537. The summed E-state index contributed by atoms with van der Waals surface area (Å²) >= 11 is 0. The number of amides is 1. The maximum atomic E-state index is 12.3. The first kappa shape index (κ1) is 22.3. The Bertz CT molecular complexity index is 1170. The van der Waals surface area contributed by atoms with Crippen molar-refractivity contribution in [2.75, 3.05) is 11.9 Å². The lowest BCUT2D eigenvalue weighted by Gasteiger charge is -2.28. The summed E-state index contributed by atoms with van der Waals surface area (Å²) in [4.78, 5) is 21.2. The number of ether oxygens (including phenoxy) is 1. The van der Waals surface area contributed by atoms with E-state index in [-0.39, 0.29) is 12.1 Å². The molecular formula is C25H31N7O2. The summed E-state index contributed by atoms with van der Waals surface area (Å²) in [6.07, 6.45) is 4.07.